The van der Waals surface area contributed by atoms with Crippen LogP contribution in [0, 0.1) is 0 Å². The summed E-state index contributed by atoms with van der Waals surface area (Å²) in [6, 6.07) is 0. The first-order chi connectivity index (χ1) is 5.61. The molecule has 0 fully saturated rings. The van der Waals surface area contributed by atoms with E-state index in [1.54, 1.807) is 13.8 Å². The topological polar surface area (TPSA) is 35.5 Å². The Kier molecular flexibility index (Phi) is 5.58. The number of hydrogen-bond acceptors (Lipinski definition) is 3. The number of carbonyl (C=O) groups excluding carboxylic acids is 1. The molecule has 0 aromatic rings. The average molecular weight is 172 g/mol. The van der Waals surface area contributed by atoms with Gasteiger partial charge < -0.3 is 9.47 Å². The summed E-state index contributed by atoms with van der Waals surface area (Å²) in [5.74, 6) is -0.124. The maximum atomic E-state index is 11.0. The lowest BCUT2D eigenvalue weighted by Crippen LogP contribution is -2.25. The van der Waals surface area contributed by atoms with Crippen molar-refractivity contribution in [3.63, 3.8) is 0 Å². The van der Waals surface area contributed by atoms with Gasteiger partial charge in [0.2, 0.25) is 0 Å². The van der Waals surface area contributed by atoms with Crippen LogP contribution in [0.15, 0.2) is 12.7 Å². The minimum Gasteiger partial charge on any atom is -0.353 e. The predicted molar refractivity (Wildman–Crippen MR) is 46.8 cm³/mol. The molecule has 3 nitrogen and oxygen atoms in total. The second-order valence-corrected chi connectivity index (χ2v) is 2.41. The Morgan fingerprint density at radius 3 is 2.58 bits per heavy atom. The van der Waals surface area contributed by atoms with Crippen molar-refractivity contribution >= 4 is 5.78 Å². The van der Waals surface area contributed by atoms with Crippen molar-refractivity contribution in [2.24, 2.45) is 0 Å². The van der Waals surface area contributed by atoms with Gasteiger partial charge in [-0.3, -0.25) is 4.79 Å². The molecular weight excluding hydrogens is 156 g/mol. The van der Waals surface area contributed by atoms with Gasteiger partial charge in [0, 0.05) is 6.61 Å². The Labute approximate surface area is 73.4 Å². The van der Waals surface area contributed by atoms with Gasteiger partial charge in [-0.05, 0) is 26.8 Å². The summed E-state index contributed by atoms with van der Waals surface area (Å²) in [5.41, 5.74) is 0. The predicted octanol–water partition coefficient (Wildman–Crippen LogP) is 1.53. The quantitative estimate of drug-likeness (QED) is 0.450. The summed E-state index contributed by atoms with van der Waals surface area (Å²) in [4.78, 5) is 11.0. The van der Waals surface area contributed by atoms with E-state index in [2.05, 4.69) is 6.58 Å². The molecule has 0 amide bonds. The third-order valence-electron chi connectivity index (χ3n) is 1.40. The van der Waals surface area contributed by atoms with Gasteiger partial charge >= 0.3 is 0 Å². The molecule has 0 rings (SSSR count). The SMILES string of the molecule is C=CC(=O)[C@H](C)OC(C)OCC. The molecule has 2 atom stereocenters. The van der Waals surface area contributed by atoms with Crippen LogP contribution in [-0.4, -0.2) is 24.8 Å². The van der Waals surface area contributed by atoms with Crippen molar-refractivity contribution in [2.75, 3.05) is 6.61 Å². The van der Waals surface area contributed by atoms with Crippen molar-refractivity contribution in [1.82, 2.24) is 0 Å². The average Bonchev–Trinajstić information content (AvgIpc) is 2.03. The molecular formula is C9H16O3. The van der Waals surface area contributed by atoms with Crippen LogP contribution in [0.25, 0.3) is 0 Å². The Morgan fingerprint density at radius 1 is 1.58 bits per heavy atom. The van der Waals surface area contributed by atoms with Crippen molar-refractivity contribution in [2.45, 2.75) is 33.2 Å². The molecule has 1 unspecified atom stereocenters. The van der Waals surface area contributed by atoms with Crippen LogP contribution >= 0.6 is 0 Å². The Bertz CT molecular complexity index is 154. The lowest BCUT2D eigenvalue weighted by Gasteiger charge is -2.16. The molecule has 0 aliphatic rings. The van der Waals surface area contributed by atoms with Gasteiger partial charge in [-0.2, -0.15) is 0 Å². The van der Waals surface area contributed by atoms with E-state index in [4.69, 9.17) is 9.47 Å². The highest BCUT2D eigenvalue weighted by molar-refractivity contribution is 5.92. The van der Waals surface area contributed by atoms with Gasteiger partial charge in [0.05, 0.1) is 0 Å². The summed E-state index contributed by atoms with van der Waals surface area (Å²) >= 11 is 0. The third-order valence-corrected chi connectivity index (χ3v) is 1.40. The van der Waals surface area contributed by atoms with Gasteiger partial charge in [-0.1, -0.05) is 6.58 Å². The molecule has 0 aliphatic heterocycles. The fraction of sp³-hybridized carbons (Fsp3) is 0.667. The lowest BCUT2D eigenvalue weighted by molar-refractivity contribution is -0.163. The van der Waals surface area contributed by atoms with Gasteiger partial charge in [0.15, 0.2) is 12.1 Å². The Morgan fingerprint density at radius 2 is 2.17 bits per heavy atom. The molecule has 0 saturated heterocycles. The van der Waals surface area contributed by atoms with Gasteiger partial charge in [-0.15, -0.1) is 0 Å². The zero-order valence-electron chi connectivity index (χ0n) is 7.87. The third kappa shape index (κ3) is 4.26. The van der Waals surface area contributed by atoms with Crippen molar-refractivity contribution < 1.29 is 14.3 Å². The molecule has 0 bridgehead atoms. The molecule has 0 spiro atoms. The van der Waals surface area contributed by atoms with E-state index in [1.165, 1.54) is 6.08 Å². The summed E-state index contributed by atoms with van der Waals surface area (Å²) in [6.07, 6.45) is 0.446. The summed E-state index contributed by atoms with van der Waals surface area (Å²) in [6.45, 7) is 9.26. The molecule has 70 valence electrons. The minimum absolute atomic E-state index is 0.124. The van der Waals surface area contributed by atoms with Gasteiger partial charge in [-0.25, -0.2) is 0 Å². The minimum atomic E-state index is -0.468. The molecule has 12 heavy (non-hydrogen) atoms. The number of rotatable bonds is 6. The number of hydrogen-bond donors (Lipinski definition) is 0. The van der Waals surface area contributed by atoms with Crippen LogP contribution in [0.1, 0.15) is 20.8 Å². The highest BCUT2D eigenvalue weighted by atomic mass is 16.7. The number of carbonyl (C=O) groups is 1. The highest BCUT2D eigenvalue weighted by Gasteiger charge is 2.13. The Hall–Kier alpha value is -0.670. The van der Waals surface area contributed by atoms with E-state index in [-0.39, 0.29) is 12.1 Å². The standard InChI is InChI=1S/C9H16O3/c1-5-9(10)7(3)12-8(4)11-6-2/h5,7-8H,1,6H2,2-4H3/t7-,8?/m0/s1. The van der Waals surface area contributed by atoms with Crippen LogP contribution < -0.4 is 0 Å². The summed E-state index contributed by atoms with van der Waals surface area (Å²) in [5, 5.41) is 0. The van der Waals surface area contributed by atoms with E-state index in [1.807, 2.05) is 6.92 Å². The zero-order chi connectivity index (χ0) is 9.56. The van der Waals surface area contributed by atoms with E-state index in [9.17, 15) is 4.79 Å². The first kappa shape index (κ1) is 11.3. The van der Waals surface area contributed by atoms with Crippen LogP contribution in [0.5, 0.6) is 0 Å². The van der Waals surface area contributed by atoms with E-state index < -0.39 is 6.10 Å². The Balaban J connectivity index is 3.74. The van der Waals surface area contributed by atoms with E-state index in [0.717, 1.165) is 0 Å². The number of ketones is 1. The summed E-state index contributed by atoms with van der Waals surface area (Å²) in [7, 11) is 0. The molecule has 0 heterocycles. The van der Waals surface area contributed by atoms with Gasteiger partial charge in [0.1, 0.15) is 6.10 Å². The smallest absolute Gasteiger partial charge is 0.183 e. The van der Waals surface area contributed by atoms with E-state index in [0.29, 0.717) is 6.61 Å². The van der Waals surface area contributed by atoms with Gasteiger partial charge in [0.25, 0.3) is 0 Å². The van der Waals surface area contributed by atoms with Crippen LogP contribution in [0.4, 0.5) is 0 Å². The number of ether oxygens (including phenoxy) is 2. The molecule has 0 aromatic heterocycles. The normalized spacial score (nSPS) is 15.2. The largest absolute Gasteiger partial charge is 0.353 e. The monoisotopic (exact) mass is 172 g/mol. The van der Waals surface area contributed by atoms with Crippen LogP contribution in [-0.2, 0) is 14.3 Å². The molecule has 3 heteroatoms. The van der Waals surface area contributed by atoms with Crippen LogP contribution in [0.3, 0.4) is 0 Å². The lowest BCUT2D eigenvalue weighted by atomic mass is 10.2. The maximum absolute atomic E-state index is 11.0. The van der Waals surface area contributed by atoms with Crippen LogP contribution in [0.2, 0.25) is 0 Å². The fourth-order valence-electron chi connectivity index (χ4n) is 0.794. The fourth-order valence-corrected chi connectivity index (χ4v) is 0.794. The van der Waals surface area contributed by atoms with Crippen molar-refractivity contribution in [3.8, 4) is 0 Å². The zero-order valence-corrected chi connectivity index (χ0v) is 7.87. The molecule has 0 aromatic carbocycles. The van der Waals surface area contributed by atoms with Crippen molar-refractivity contribution in [1.29, 1.82) is 0 Å². The molecule has 0 radical (unpaired) electrons. The highest BCUT2D eigenvalue weighted by Crippen LogP contribution is 2.00. The van der Waals surface area contributed by atoms with Crippen molar-refractivity contribution in [3.05, 3.63) is 12.7 Å². The molecule has 0 aliphatic carbocycles. The first-order valence-electron chi connectivity index (χ1n) is 4.05. The molecule has 0 N–H and O–H groups in total. The summed E-state index contributed by atoms with van der Waals surface area (Å²) < 4.78 is 10.3. The molecule has 0 saturated carbocycles. The second kappa shape index (κ2) is 5.91. The maximum Gasteiger partial charge on any atom is 0.183 e. The second-order valence-electron chi connectivity index (χ2n) is 2.41. The first-order valence-corrected chi connectivity index (χ1v) is 4.05. The van der Waals surface area contributed by atoms with E-state index >= 15 is 0 Å².